The average Bonchev–Trinajstić information content (AvgIpc) is 3.65. The van der Waals surface area contributed by atoms with Crippen LogP contribution in [0.2, 0.25) is 0 Å². The largest absolute Gasteiger partial charge is 0.365 e. The highest BCUT2D eigenvalue weighted by Crippen LogP contribution is 2.28. The summed E-state index contributed by atoms with van der Waals surface area (Å²) in [6, 6.07) is 22.8. The maximum absolute atomic E-state index is 12.2. The van der Waals surface area contributed by atoms with Crippen molar-refractivity contribution in [3.8, 4) is 11.1 Å². The molecule has 34 heavy (non-hydrogen) atoms. The van der Waals surface area contributed by atoms with Gasteiger partial charge >= 0.3 is 0 Å². The number of anilines is 1. The van der Waals surface area contributed by atoms with Crippen molar-refractivity contribution in [3.05, 3.63) is 89.7 Å². The van der Waals surface area contributed by atoms with E-state index in [1.807, 2.05) is 30.3 Å². The molecule has 6 nitrogen and oxygen atoms in total. The quantitative estimate of drug-likeness (QED) is 0.364. The molecule has 1 aliphatic carbocycles. The topological polar surface area (TPSA) is 84.0 Å². The van der Waals surface area contributed by atoms with Crippen molar-refractivity contribution < 1.29 is 8.42 Å². The van der Waals surface area contributed by atoms with Gasteiger partial charge in [-0.25, -0.2) is 23.1 Å². The lowest BCUT2D eigenvalue weighted by Crippen LogP contribution is -2.29. The highest BCUT2D eigenvalue weighted by Gasteiger charge is 2.26. The maximum atomic E-state index is 12.2. The number of aromatic nitrogens is 2. The summed E-state index contributed by atoms with van der Waals surface area (Å²) in [5, 5.41) is 4.41. The molecule has 174 valence electrons. The summed E-state index contributed by atoms with van der Waals surface area (Å²) in [7, 11) is -3.24. The molecule has 0 spiro atoms. The van der Waals surface area contributed by atoms with Crippen LogP contribution in [0.25, 0.3) is 22.0 Å². The molecule has 3 aromatic carbocycles. The second-order valence-electron chi connectivity index (χ2n) is 8.96. The number of benzene rings is 3. The molecule has 1 saturated carbocycles. The van der Waals surface area contributed by atoms with E-state index in [1.165, 1.54) is 11.1 Å². The zero-order valence-corrected chi connectivity index (χ0v) is 20.0. The monoisotopic (exact) mass is 472 g/mol. The first-order chi connectivity index (χ1) is 16.4. The molecule has 1 aromatic heterocycles. The van der Waals surface area contributed by atoms with Crippen molar-refractivity contribution in [2.75, 3.05) is 11.1 Å². The van der Waals surface area contributed by atoms with E-state index in [4.69, 9.17) is 0 Å². The highest BCUT2D eigenvalue weighted by molar-refractivity contribution is 7.89. The Labute approximate surface area is 200 Å². The van der Waals surface area contributed by atoms with E-state index in [2.05, 4.69) is 63.3 Å². The van der Waals surface area contributed by atoms with Gasteiger partial charge in [-0.3, -0.25) is 0 Å². The molecule has 0 aliphatic heterocycles. The van der Waals surface area contributed by atoms with Gasteiger partial charge in [0.25, 0.3) is 0 Å². The van der Waals surface area contributed by atoms with Crippen LogP contribution >= 0.6 is 0 Å². The molecule has 2 N–H and O–H groups in total. The van der Waals surface area contributed by atoms with Gasteiger partial charge < -0.3 is 5.32 Å². The SMILES string of the molecule is Cc1cccc(CNc2ncnc3ccc(-c4cccc(CCS(=O)(=O)NC5CC5)c4)cc23)c1. The van der Waals surface area contributed by atoms with E-state index in [0.29, 0.717) is 13.0 Å². The minimum atomic E-state index is -3.24. The summed E-state index contributed by atoms with van der Waals surface area (Å²) in [5.74, 6) is 0.896. The Morgan fingerprint density at radius 1 is 0.912 bits per heavy atom. The first-order valence-corrected chi connectivity index (χ1v) is 13.2. The first-order valence-electron chi connectivity index (χ1n) is 11.6. The smallest absolute Gasteiger partial charge is 0.212 e. The Morgan fingerprint density at radius 3 is 2.53 bits per heavy atom. The Morgan fingerprint density at radius 2 is 1.71 bits per heavy atom. The van der Waals surface area contributed by atoms with Crippen molar-refractivity contribution in [2.24, 2.45) is 0 Å². The molecule has 0 atom stereocenters. The number of nitrogens with one attached hydrogen (secondary N) is 2. The van der Waals surface area contributed by atoms with Crippen LogP contribution in [-0.4, -0.2) is 30.2 Å². The van der Waals surface area contributed by atoms with E-state index < -0.39 is 10.0 Å². The van der Waals surface area contributed by atoms with Crippen LogP contribution in [0.5, 0.6) is 0 Å². The van der Waals surface area contributed by atoms with Crippen molar-refractivity contribution in [3.63, 3.8) is 0 Å². The molecular weight excluding hydrogens is 444 g/mol. The van der Waals surface area contributed by atoms with Crippen LogP contribution in [0, 0.1) is 6.92 Å². The van der Waals surface area contributed by atoms with Gasteiger partial charge in [0.15, 0.2) is 0 Å². The third-order valence-corrected chi connectivity index (χ3v) is 7.46. The molecule has 0 unspecified atom stereocenters. The second kappa shape index (κ2) is 9.52. The third kappa shape index (κ3) is 5.61. The Hall–Kier alpha value is -3.29. The van der Waals surface area contributed by atoms with Crippen LogP contribution in [0.1, 0.15) is 29.5 Å². The van der Waals surface area contributed by atoms with Crippen LogP contribution in [-0.2, 0) is 23.0 Å². The van der Waals surface area contributed by atoms with Crippen LogP contribution in [0.4, 0.5) is 5.82 Å². The summed E-state index contributed by atoms with van der Waals surface area (Å²) < 4.78 is 27.2. The van der Waals surface area contributed by atoms with Gasteiger partial charge in [0.2, 0.25) is 10.0 Å². The maximum Gasteiger partial charge on any atom is 0.212 e. The molecule has 7 heteroatoms. The third-order valence-electron chi connectivity index (χ3n) is 6.02. The number of hydrogen-bond acceptors (Lipinski definition) is 5. The zero-order chi connectivity index (χ0) is 23.5. The molecular formula is C27H28N4O2S. The molecule has 0 amide bonds. The van der Waals surface area contributed by atoms with Gasteiger partial charge in [0, 0.05) is 18.0 Å². The minimum absolute atomic E-state index is 0.103. The van der Waals surface area contributed by atoms with E-state index in [0.717, 1.165) is 46.3 Å². The Bertz CT molecular complexity index is 1430. The molecule has 0 saturated heterocycles. The summed E-state index contributed by atoms with van der Waals surface area (Å²) in [6.07, 6.45) is 3.96. The lowest BCUT2D eigenvalue weighted by molar-refractivity contribution is 0.580. The summed E-state index contributed by atoms with van der Waals surface area (Å²) >= 11 is 0. The lowest BCUT2D eigenvalue weighted by Gasteiger charge is -2.11. The van der Waals surface area contributed by atoms with Crippen LogP contribution in [0.3, 0.4) is 0 Å². The van der Waals surface area contributed by atoms with Crippen LogP contribution in [0.15, 0.2) is 73.1 Å². The lowest BCUT2D eigenvalue weighted by atomic mass is 10.0. The highest BCUT2D eigenvalue weighted by atomic mass is 32.2. The minimum Gasteiger partial charge on any atom is -0.365 e. The summed E-state index contributed by atoms with van der Waals surface area (Å²) in [5.41, 5.74) is 6.38. The first kappa shape index (κ1) is 22.5. The van der Waals surface area contributed by atoms with Gasteiger partial charge in [0.05, 0.1) is 11.3 Å². The molecule has 1 aliphatic rings. The molecule has 0 bridgehead atoms. The van der Waals surface area contributed by atoms with Gasteiger partial charge in [-0.15, -0.1) is 0 Å². The number of fused-ring (bicyclic) bond motifs is 1. The fourth-order valence-electron chi connectivity index (χ4n) is 4.06. The summed E-state index contributed by atoms with van der Waals surface area (Å²) in [4.78, 5) is 8.91. The molecule has 0 radical (unpaired) electrons. The number of hydrogen-bond donors (Lipinski definition) is 2. The number of nitrogens with zero attached hydrogens (tertiary/aromatic N) is 2. The van der Waals surface area contributed by atoms with Gasteiger partial charge in [-0.1, -0.05) is 60.2 Å². The number of aryl methyl sites for hydroxylation is 2. The molecule has 1 heterocycles. The Kier molecular flexibility index (Phi) is 6.30. The molecule has 1 fully saturated rings. The molecule has 4 aromatic rings. The average molecular weight is 473 g/mol. The van der Waals surface area contributed by atoms with Crippen molar-refractivity contribution in [2.45, 2.75) is 38.8 Å². The standard InChI is InChI=1S/C27H28N4O2S/c1-19-4-2-6-21(14-19)17-28-27-25-16-23(8-11-26(25)29-18-30-27)22-7-3-5-20(15-22)12-13-34(32,33)31-24-9-10-24/h2-8,11,14-16,18,24,31H,9-10,12-13,17H2,1H3,(H,28,29,30). The van der Waals surface area contributed by atoms with Crippen molar-refractivity contribution in [1.82, 2.24) is 14.7 Å². The van der Waals surface area contributed by atoms with Gasteiger partial charge in [-0.2, -0.15) is 0 Å². The van der Waals surface area contributed by atoms with E-state index in [-0.39, 0.29) is 11.8 Å². The summed E-state index contributed by atoms with van der Waals surface area (Å²) in [6.45, 7) is 2.76. The van der Waals surface area contributed by atoms with Crippen molar-refractivity contribution in [1.29, 1.82) is 0 Å². The van der Waals surface area contributed by atoms with Crippen molar-refractivity contribution >= 4 is 26.7 Å². The fourth-order valence-corrected chi connectivity index (χ4v) is 5.42. The second-order valence-corrected chi connectivity index (χ2v) is 10.8. The fraction of sp³-hybridized carbons (Fsp3) is 0.259. The van der Waals surface area contributed by atoms with E-state index >= 15 is 0 Å². The number of sulfonamides is 1. The van der Waals surface area contributed by atoms with Crippen LogP contribution < -0.4 is 10.0 Å². The Balaban J connectivity index is 1.36. The predicted molar refractivity (Wildman–Crippen MR) is 137 cm³/mol. The predicted octanol–water partition coefficient (Wildman–Crippen LogP) is 4.84. The number of rotatable bonds is 9. The van der Waals surface area contributed by atoms with E-state index in [1.54, 1.807) is 6.33 Å². The normalized spacial score (nSPS) is 13.8. The van der Waals surface area contributed by atoms with E-state index in [9.17, 15) is 8.42 Å². The van der Waals surface area contributed by atoms with Gasteiger partial charge in [0.1, 0.15) is 12.1 Å². The zero-order valence-electron chi connectivity index (χ0n) is 19.2. The molecule has 5 rings (SSSR count). The van der Waals surface area contributed by atoms with Gasteiger partial charge in [-0.05, 0) is 60.6 Å².